The van der Waals surface area contributed by atoms with Gasteiger partial charge in [0.15, 0.2) is 5.82 Å². The number of aromatic amines is 1. The number of sulfonamides is 1. The van der Waals surface area contributed by atoms with Crippen LogP contribution in [-0.4, -0.2) is 35.6 Å². The minimum atomic E-state index is -3.90. The lowest BCUT2D eigenvalue weighted by Gasteiger charge is -2.30. The molecule has 1 aromatic carbocycles. The lowest BCUT2D eigenvalue weighted by molar-refractivity contribution is 0.313. The molecule has 0 aliphatic heterocycles. The van der Waals surface area contributed by atoms with Gasteiger partial charge in [0.2, 0.25) is 10.0 Å². The number of primary sulfonamides is 1. The molecule has 1 heterocycles. The van der Waals surface area contributed by atoms with Crippen LogP contribution in [0.1, 0.15) is 49.1 Å². The van der Waals surface area contributed by atoms with Gasteiger partial charge >= 0.3 is 0 Å². The van der Waals surface area contributed by atoms with Crippen molar-refractivity contribution in [2.45, 2.75) is 49.8 Å². The summed E-state index contributed by atoms with van der Waals surface area (Å²) >= 11 is 0. The van der Waals surface area contributed by atoms with Crippen LogP contribution in [0.3, 0.4) is 0 Å². The summed E-state index contributed by atoms with van der Waals surface area (Å²) in [5.74, 6) is 1.25. The van der Waals surface area contributed by atoms with Gasteiger partial charge in [-0.2, -0.15) is 0 Å². The molecule has 5 N–H and O–H groups in total. The molecule has 1 aliphatic rings. The summed E-state index contributed by atoms with van der Waals surface area (Å²) in [7, 11) is -3.90. The molecule has 0 spiro atoms. The molecular formula is C16H24N6O2S. The Morgan fingerprint density at radius 1 is 1.24 bits per heavy atom. The van der Waals surface area contributed by atoms with E-state index in [-0.39, 0.29) is 10.8 Å². The van der Waals surface area contributed by atoms with E-state index >= 15 is 0 Å². The van der Waals surface area contributed by atoms with Crippen LogP contribution in [-0.2, 0) is 10.0 Å². The Hall–Kier alpha value is -1.84. The van der Waals surface area contributed by atoms with Gasteiger partial charge in [-0.25, -0.2) is 18.7 Å². The van der Waals surface area contributed by atoms with Crippen LogP contribution in [0.25, 0.3) is 11.4 Å². The quantitative estimate of drug-likeness (QED) is 0.733. The van der Waals surface area contributed by atoms with Crippen molar-refractivity contribution in [1.29, 1.82) is 0 Å². The van der Waals surface area contributed by atoms with Crippen molar-refractivity contribution >= 4 is 10.0 Å². The zero-order chi connectivity index (χ0) is 18.0. The molecule has 0 unspecified atom stereocenters. The minimum Gasteiger partial charge on any atom is -0.330 e. The van der Waals surface area contributed by atoms with E-state index in [1.54, 1.807) is 6.92 Å². The van der Waals surface area contributed by atoms with Gasteiger partial charge in [-0.15, -0.1) is 5.10 Å². The first kappa shape index (κ1) is 18.0. The van der Waals surface area contributed by atoms with Crippen LogP contribution >= 0.6 is 0 Å². The molecule has 1 fully saturated rings. The molecule has 0 saturated heterocycles. The van der Waals surface area contributed by atoms with Crippen molar-refractivity contribution in [2.24, 2.45) is 16.8 Å². The number of nitrogens with two attached hydrogens (primary N) is 2. The molecule has 0 atom stereocenters. The number of benzene rings is 1. The number of hydrogen-bond acceptors (Lipinski definition) is 6. The molecule has 136 valence electrons. The normalized spacial score (nSPS) is 21.4. The third kappa shape index (κ3) is 3.73. The fourth-order valence-electron chi connectivity index (χ4n) is 3.92. The molecule has 1 saturated carbocycles. The van der Waals surface area contributed by atoms with Crippen LogP contribution in [0.2, 0.25) is 0 Å². The number of tetrazole rings is 1. The van der Waals surface area contributed by atoms with Gasteiger partial charge in [-0.1, -0.05) is 12.1 Å². The maximum absolute atomic E-state index is 12.2. The molecule has 0 radical (unpaired) electrons. The summed E-state index contributed by atoms with van der Waals surface area (Å²) in [5.41, 5.74) is 7.72. The fraction of sp³-hybridized carbons (Fsp3) is 0.562. The number of nitrogens with zero attached hydrogens (tertiary/aromatic N) is 3. The van der Waals surface area contributed by atoms with Gasteiger partial charge in [0.25, 0.3) is 0 Å². The van der Waals surface area contributed by atoms with Gasteiger partial charge in [-0.3, -0.25) is 0 Å². The maximum atomic E-state index is 12.2. The van der Waals surface area contributed by atoms with Gasteiger partial charge in [-0.05, 0) is 79.0 Å². The van der Waals surface area contributed by atoms with Gasteiger partial charge in [0, 0.05) is 5.56 Å². The summed E-state index contributed by atoms with van der Waals surface area (Å²) < 4.78 is 24.4. The Labute approximate surface area is 147 Å². The predicted molar refractivity (Wildman–Crippen MR) is 94.1 cm³/mol. The first-order valence-electron chi connectivity index (χ1n) is 8.52. The lowest BCUT2D eigenvalue weighted by Crippen LogP contribution is -2.20. The average molecular weight is 364 g/mol. The highest BCUT2D eigenvalue weighted by Crippen LogP contribution is 2.42. The van der Waals surface area contributed by atoms with E-state index in [1.807, 2.05) is 12.1 Å². The molecule has 9 heteroatoms. The summed E-state index contributed by atoms with van der Waals surface area (Å²) in [6.07, 6.45) is 5.21. The number of nitrogens with one attached hydrogen (secondary N) is 1. The highest BCUT2D eigenvalue weighted by Gasteiger charge is 2.29. The van der Waals surface area contributed by atoms with E-state index < -0.39 is 10.0 Å². The number of rotatable bonds is 5. The number of aromatic nitrogens is 4. The van der Waals surface area contributed by atoms with E-state index in [9.17, 15) is 8.42 Å². The Balaban J connectivity index is 2.06. The Morgan fingerprint density at radius 3 is 2.52 bits per heavy atom. The van der Waals surface area contributed by atoms with Crippen LogP contribution in [0.15, 0.2) is 17.0 Å². The maximum Gasteiger partial charge on any atom is 0.239 e. The van der Waals surface area contributed by atoms with E-state index in [0.29, 0.717) is 29.4 Å². The van der Waals surface area contributed by atoms with Crippen molar-refractivity contribution in [3.8, 4) is 11.4 Å². The monoisotopic (exact) mass is 364 g/mol. The SMILES string of the molecule is Cc1ccc(C2CCC(CCN)CC2)c(-c2nnn[nH]2)c1S(N)(=O)=O. The molecular weight excluding hydrogens is 340 g/mol. The average Bonchev–Trinajstić information content (AvgIpc) is 3.09. The van der Waals surface area contributed by atoms with E-state index in [4.69, 9.17) is 10.9 Å². The van der Waals surface area contributed by atoms with E-state index in [2.05, 4.69) is 20.6 Å². The van der Waals surface area contributed by atoms with Gasteiger partial charge in [0.1, 0.15) is 0 Å². The lowest BCUT2D eigenvalue weighted by atomic mass is 9.76. The third-order valence-corrected chi connectivity index (χ3v) is 6.21. The molecule has 3 rings (SSSR count). The third-order valence-electron chi connectivity index (χ3n) is 5.11. The zero-order valence-electron chi connectivity index (χ0n) is 14.3. The van der Waals surface area contributed by atoms with Crippen molar-refractivity contribution in [1.82, 2.24) is 20.6 Å². The molecule has 2 aromatic rings. The second-order valence-electron chi connectivity index (χ2n) is 6.77. The zero-order valence-corrected chi connectivity index (χ0v) is 15.1. The summed E-state index contributed by atoms with van der Waals surface area (Å²) in [6.45, 7) is 2.44. The molecule has 25 heavy (non-hydrogen) atoms. The van der Waals surface area contributed by atoms with Crippen molar-refractivity contribution in [2.75, 3.05) is 6.54 Å². The molecule has 8 nitrogen and oxygen atoms in total. The van der Waals surface area contributed by atoms with Crippen molar-refractivity contribution < 1.29 is 8.42 Å². The second-order valence-corrected chi connectivity index (χ2v) is 8.26. The first-order valence-corrected chi connectivity index (χ1v) is 10.1. The first-order chi connectivity index (χ1) is 11.9. The van der Waals surface area contributed by atoms with E-state index in [0.717, 1.165) is 37.7 Å². The molecule has 0 amide bonds. The number of H-pyrrole nitrogens is 1. The van der Waals surface area contributed by atoms with Crippen LogP contribution in [0.4, 0.5) is 0 Å². The fourth-order valence-corrected chi connectivity index (χ4v) is 4.93. The number of aryl methyl sites for hydroxylation is 1. The largest absolute Gasteiger partial charge is 0.330 e. The number of hydrogen-bond donors (Lipinski definition) is 3. The summed E-state index contributed by atoms with van der Waals surface area (Å²) in [6, 6.07) is 3.80. The Bertz CT molecular complexity index is 827. The standard InChI is InChI=1S/C16H24N6O2S/c1-10-2-7-13(12-5-3-11(4-6-12)8-9-17)14(15(10)25(18,23)24)16-19-21-22-20-16/h2,7,11-12H,3-6,8-9,17H2,1H3,(H2,18,23,24)(H,19,20,21,22). The van der Waals surface area contributed by atoms with Gasteiger partial charge in [0.05, 0.1) is 4.90 Å². The van der Waals surface area contributed by atoms with Gasteiger partial charge < -0.3 is 5.73 Å². The molecule has 1 aliphatic carbocycles. The Kier molecular flexibility index (Phi) is 5.16. The molecule has 1 aromatic heterocycles. The highest BCUT2D eigenvalue weighted by atomic mass is 32.2. The highest BCUT2D eigenvalue weighted by molar-refractivity contribution is 7.89. The molecule has 0 bridgehead atoms. The van der Waals surface area contributed by atoms with Crippen molar-refractivity contribution in [3.63, 3.8) is 0 Å². The van der Waals surface area contributed by atoms with Crippen LogP contribution in [0.5, 0.6) is 0 Å². The topological polar surface area (TPSA) is 141 Å². The Morgan fingerprint density at radius 2 is 1.96 bits per heavy atom. The van der Waals surface area contributed by atoms with Crippen LogP contribution in [0, 0.1) is 12.8 Å². The predicted octanol–water partition coefficient (Wildman–Crippen LogP) is 1.45. The summed E-state index contributed by atoms with van der Waals surface area (Å²) in [5, 5.41) is 19.3. The minimum absolute atomic E-state index is 0.104. The van der Waals surface area contributed by atoms with E-state index in [1.165, 1.54) is 0 Å². The van der Waals surface area contributed by atoms with Crippen molar-refractivity contribution in [3.05, 3.63) is 23.3 Å². The van der Waals surface area contributed by atoms with Crippen LogP contribution < -0.4 is 10.9 Å². The smallest absolute Gasteiger partial charge is 0.239 e. The summed E-state index contributed by atoms with van der Waals surface area (Å²) in [4.78, 5) is 0.104. The second kappa shape index (κ2) is 7.19.